The summed E-state index contributed by atoms with van der Waals surface area (Å²) in [6, 6.07) is 4.06. The van der Waals surface area contributed by atoms with Gasteiger partial charge in [0.1, 0.15) is 11.5 Å². The van der Waals surface area contributed by atoms with Crippen LogP contribution in [0.4, 0.5) is 13.2 Å². The molecule has 0 aromatic heterocycles. The Bertz CT molecular complexity index is 632. The minimum atomic E-state index is -5.70. The van der Waals surface area contributed by atoms with E-state index in [1.54, 1.807) is 0 Å². The SMILES string of the molecule is O=S(=O)(OC1=CCCc2ccc(O)cc21)C(F)(F)F. The molecule has 0 atom stereocenters. The van der Waals surface area contributed by atoms with Crippen LogP contribution in [0.25, 0.3) is 5.76 Å². The number of alkyl halides is 3. The monoisotopic (exact) mass is 294 g/mol. The number of aromatic hydroxyl groups is 1. The summed E-state index contributed by atoms with van der Waals surface area (Å²) in [5, 5.41) is 9.31. The van der Waals surface area contributed by atoms with Gasteiger partial charge in [0.25, 0.3) is 0 Å². The molecule has 1 N–H and O–H groups in total. The third-order valence-electron chi connectivity index (χ3n) is 2.59. The van der Waals surface area contributed by atoms with Crippen LogP contribution < -0.4 is 0 Å². The van der Waals surface area contributed by atoms with Gasteiger partial charge in [0.2, 0.25) is 0 Å². The molecule has 0 saturated heterocycles. The van der Waals surface area contributed by atoms with Crippen LogP contribution in [0.2, 0.25) is 0 Å². The molecule has 0 amide bonds. The van der Waals surface area contributed by atoms with E-state index in [0.29, 0.717) is 18.4 Å². The molecule has 0 fully saturated rings. The maximum atomic E-state index is 12.3. The fraction of sp³-hybridized carbons (Fsp3) is 0.273. The van der Waals surface area contributed by atoms with Gasteiger partial charge in [0, 0.05) is 5.56 Å². The van der Waals surface area contributed by atoms with E-state index in [1.807, 2.05) is 0 Å². The highest BCUT2D eigenvalue weighted by atomic mass is 32.2. The topological polar surface area (TPSA) is 63.6 Å². The molecule has 1 aliphatic rings. The number of halogens is 3. The van der Waals surface area contributed by atoms with Crippen molar-refractivity contribution in [1.82, 2.24) is 0 Å². The average Bonchev–Trinajstić information content (AvgIpc) is 2.28. The molecule has 2 rings (SSSR count). The van der Waals surface area contributed by atoms with Gasteiger partial charge in [-0.1, -0.05) is 6.07 Å². The Kier molecular flexibility index (Phi) is 3.21. The lowest BCUT2D eigenvalue weighted by molar-refractivity contribution is -0.0509. The molecule has 0 unspecified atom stereocenters. The van der Waals surface area contributed by atoms with Gasteiger partial charge in [-0.3, -0.25) is 0 Å². The van der Waals surface area contributed by atoms with Gasteiger partial charge in [-0.2, -0.15) is 21.6 Å². The molecule has 1 aromatic carbocycles. The van der Waals surface area contributed by atoms with Crippen LogP contribution in [-0.2, 0) is 20.7 Å². The van der Waals surface area contributed by atoms with Crippen LogP contribution in [0.5, 0.6) is 5.75 Å². The first-order chi connectivity index (χ1) is 8.71. The van der Waals surface area contributed by atoms with E-state index in [2.05, 4.69) is 4.18 Å². The second-order valence-electron chi connectivity index (χ2n) is 3.93. The number of hydrogen-bond donors (Lipinski definition) is 1. The molecule has 0 aliphatic heterocycles. The van der Waals surface area contributed by atoms with Crippen molar-refractivity contribution in [2.75, 3.05) is 0 Å². The predicted octanol–water partition coefficient (Wildman–Crippen LogP) is 2.55. The second kappa shape index (κ2) is 4.44. The molecule has 0 radical (unpaired) electrons. The zero-order chi connectivity index (χ0) is 14.3. The number of aryl methyl sites for hydroxylation is 1. The van der Waals surface area contributed by atoms with E-state index in [4.69, 9.17) is 0 Å². The van der Waals surface area contributed by atoms with Gasteiger partial charge in [-0.05, 0) is 36.6 Å². The van der Waals surface area contributed by atoms with Crippen LogP contribution in [0.3, 0.4) is 0 Å². The Morgan fingerprint density at radius 2 is 1.95 bits per heavy atom. The van der Waals surface area contributed by atoms with E-state index >= 15 is 0 Å². The van der Waals surface area contributed by atoms with Gasteiger partial charge < -0.3 is 9.29 Å². The van der Waals surface area contributed by atoms with Crippen molar-refractivity contribution < 1.29 is 30.9 Å². The van der Waals surface area contributed by atoms with Crippen molar-refractivity contribution in [3.8, 4) is 5.75 Å². The Labute approximate surface area is 107 Å². The molecular formula is C11H9F3O4S. The lowest BCUT2D eigenvalue weighted by atomic mass is 9.96. The van der Waals surface area contributed by atoms with E-state index in [0.717, 1.165) is 0 Å². The first kappa shape index (κ1) is 13.7. The van der Waals surface area contributed by atoms with Crippen molar-refractivity contribution in [3.05, 3.63) is 35.4 Å². The number of fused-ring (bicyclic) bond motifs is 1. The zero-order valence-corrected chi connectivity index (χ0v) is 10.3. The van der Waals surface area contributed by atoms with E-state index < -0.39 is 21.4 Å². The average molecular weight is 294 g/mol. The molecule has 8 heteroatoms. The first-order valence-corrected chi connectivity index (χ1v) is 6.65. The summed E-state index contributed by atoms with van der Waals surface area (Å²) in [6.45, 7) is 0. The normalized spacial score (nSPS) is 15.6. The summed E-state index contributed by atoms with van der Waals surface area (Å²) in [7, 11) is -5.70. The fourth-order valence-corrected chi connectivity index (χ4v) is 2.21. The van der Waals surface area contributed by atoms with Crippen LogP contribution in [0.1, 0.15) is 17.5 Å². The number of hydrogen-bond acceptors (Lipinski definition) is 4. The van der Waals surface area contributed by atoms with Crippen LogP contribution in [-0.4, -0.2) is 19.0 Å². The molecular weight excluding hydrogens is 285 g/mol. The first-order valence-electron chi connectivity index (χ1n) is 5.24. The third kappa shape index (κ3) is 2.67. The largest absolute Gasteiger partial charge is 0.534 e. The van der Waals surface area contributed by atoms with Crippen molar-refractivity contribution in [1.29, 1.82) is 0 Å². The lowest BCUT2D eigenvalue weighted by Crippen LogP contribution is -2.25. The van der Waals surface area contributed by atoms with Crippen LogP contribution in [0, 0.1) is 0 Å². The van der Waals surface area contributed by atoms with Gasteiger partial charge in [0.05, 0.1) is 0 Å². The summed E-state index contributed by atoms with van der Waals surface area (Å²) in [5.41, 5.74) is -4.71. The highest BCUT2D eigenvalue weighted by Gasteiger charge is 2.49. The summed E-state index contributed by atoms with van der Waals surface area (Å²) in [4.78, 5) is 0. The molecule has 0 bridgehead atoms. The summed E-state index contributed by atoms with van der Waals surface area (Å²) in [6.07, 6.45) is 2.15. The van der Waals surface area contributed by atoms with Gasteiger partial charge in [-0.25, -0.2) is 0 Å². The minimum Gasteiger partial charge on any atom is -0.508 e. The lowest BCUT2D eigenvalue weighted by Gasteiger charge is -2.18. The van der Waals surface area contributed by atoms with E-state index in [-0.39, 0.29) is 11.3 Å². The van der Waals surface area contributed by atoms with Crippen molar-refractivity contribution >= 4 is 15.9 Å². The van der Waals surface area contributed by atoms with Crippen LogP contribution in [0.15, 0.2) is 24.3 Å². The number of rotatable bonds is 2. The highest BCUT2D eigenvalue weighted by molar-refractivity contribution is 7.87. The Hall–Kier alpha value is -1.70. The van der Waals surface area contributed by atoms with Gasteiger partial charge in [-0.15, -0.1) is 0 Å². The maximum Gasteiger partial charge on any atom is 0.534 e. The van der Waals surface area contributed by atoms with E-state index in [1.165, 1.54) is 24.3 Å². The smallest absolute Gasteiger partial charge is 0.508 e. The maximum absolute atomic E-state index is 12.3. The Morgan fingerprint density at radius 3 is 2.58 bits per heavy atom. The van der Waals surface area contributed by atoms with Gasteiger partial charge in [0.15, 0.2) is 0 Å². The number of benzene rings is 1. The summed E-state index contributed by atoms with van der Waals surface area (Å²) in [5.74, 6) is -0.589. The molecule has 0 spiro atoms. The highest BCUT2D eigenvalue weighted by Crippen LogP contribution is 2.34. The molecule has 0 heterocycles. The number of allylic oxidation sites excluding steroid dienone is 1. The minimum absolute atomic E-state index is 0.152. The summed E-state index contributed by atoms with van der Waals surface area (Å²) >= 11 is 0. The molecule has 104 valence electrons. The fourth-order valence-electron chi connectivity index (χ4n) is 1.72. The molecule has 1 aliphatic carbocycles. The number of phenolic OH excluding ortho intramolecular Hbond substituents is 1. The molecule has 4 nitrogen and oxygen atoms in total. The zero-order valence-electron chi connectivity index (χ0n) is 9.44. The van der Waals surface area contributed by atoms with Crippen molar-refractivity contribution in [3.63, 3.8) is 0 Å². The van der Waals surface area contributed by atoms with E-state index in [9.17, 15) is 26.7 Å². The second-order valence-corrected chi connectivity index (χ2v) is 5.47. The van der Waals surface area contributed by atoms with Crippen molar-refractivity contribution in [2.24, 2.45) is 0 Å². The van der Waals surface area contributed by atoms with Gasteiger partial charge >= 0.3 is 15.6 Å². The molecule has 1 aromatic rings. The standard InChI is InChI=1S/C11H9F3O4S/c12-11(13,14)19(16,17)18-10-3-1-2-7-4-5-8(15)6-9(7)10/h3-6,15H,1-2H2. The molecule has 0 saturated carbocycles. The van der Waals surface area contributed by atoms with Crippen LogP contribution >= 0.6 is 0 Å². The summed E-state index contributed by atoms with van der Waals surface area (Å²) < 4.78 is 62.8. The third-order valence-corrected chi connectivity index (χ3v) is 3.55. The predicted molar refractivity (Wildman–Crippen MR) is 60.5 cm³/mol. The Morgan fingerprint density at radius 1 is 1.26 bits per heavy atom. The number of phenols is 1. The van der Waals surface area contributed by atoms with Crippen molar-refractivity contribution in [2.45, 2.75) is 18.3 Å². The Balaban J connectivity index is 2.39. The quantitative estimate of drug-likeness (QED) is 0.672. The molecule has 19 heavy (non-hydrogen) atoms.